The van der Waals surface area contributed by atoms with Crippen LogP contribution in [0.2, 0.25) is 5.02 Å². The van der Waals surface area contributed by atoms with E-state index in [4.69, 9.17) is 11.6 Å². The van der Waals surface area contributed by atoms with Gasteiger partial charge in [-0.05, 0) is 44.0 Å². The number of anilines is 1. The molecule has 134 valence electrons. The summed E-state index contributed by atoms with van der Waals surface area (Å²) < 4.78 is 38.2. The monoisotopic (exact) mass is 362 g/mol. The van der Waals surface area contributed by atoms with Gasteiger partial charge in [-0.15, -0.1) is 0 Å². The first-order valence-electron chi connectivity index (χ1n) is 8.22. The van der Waals surface area contributed by atoms with E-state index in [1.807, 2.05) is 0 Å². The highest BCUT2D eigenvalue weighted by molar-refractivity contribution is 6.33. The van der Waals surface area contributed by atoms with Crippen LogP contribution in [0.5, 0.6) is 0 Å². The summed E-state index contributed by atoms with van der Waals surface area (Å²) >= 11 is 5.89. The van der Waals surface area contributed by atoms with Gasteiger partial charge in [0.25, 0.3) is 0 Å². The Morgan fingerprint density at radius 1 is 1.38 bits per heavy atom. The van der Waals surface area contributed by atoms with E-state index in [9.17, 15) is 18.0 Å². The predicted octanol–water partition coefficient (Wildman–Crippen LogP) is 4.95. The molecule has 1 N–H and O–H groups in total. The van der Waals surface area contributed by atoms with Crippen molar-refractivity contribution in [3.8, 4) is 0 Å². The van der Waals surface area contributed by atoms with Gasteiger partial charge in [0.05, 0.1) is 16.3 Å². The maximum Gasteiger partial charge on any atom is 0.416 e. The zero-order chi connectivity index (χ0) is 17.7. The molecule has 1 heterocycles. The van der Waals surface area contributed by atoms with Crippen LogP contribution in [-0.2, 0) is 11.0 Å². The number of amides is 1. The van der Waals surface area contributed by atoms with E-state index < -0.39 is 11.7 Å². The molecule has 1 atom stereocenters. The van der Waals surface area contributed by atoms with Gasteiger partial charge in [-0.3, -0.25) is 9.69 Å². The first kappa shape index (κ1) is 19.1. The Hall–Kier alpha value is -1.27. The Morgan fingerprint density at radius 2 is 2.12 bits per heavy atom. The molecule has 24 heavy (non-hydrogen) atoms. The van der Waals surface area contributed by atoms with Crippen LogP contribution in [0.15, 0.2) is 18.2 Å². The second kappa shape index (κ2) is 8.21. The first-order valence-corrected chi connectivity index (χ1v) is 8.59. The molecule has 0 bridgehead atoms. The van der Waals surface area contributed by atoms with Crippen molar-refractivity contribution in [3.63, 3.8) is 0 Å². The molecule has 1 unspecified atom stereocenters. The van der Waals surface area contributed by atoms with Gasteiger partial charge in [0.1, 0.15) is 0 Å². The number of rotatable bonds is 5. The predicted molar refractivity (Wildman–Crippen MR) is 89.2 cm³/mol. The number of nitrogens with zero attached hydrogens (tertiary/aromatic N) is 1. The number of likely N-dealkylation sites (tertiary alicyclic amines) is 1. The summed E-state index contributed by atoms with van der Waals surface area (Å²) in [5, 5.41) is 2.60. The second-order valence-corrected chi connectivity index (χ2v) is 6.49. The smallest absolute Gasteiger partial charge is 0.325 e. The molecular weight excluding hydrogens is 341 g/mol. The lowest BCUT2D eigenvalue weighted by Gasteiger charge is -2.35. The third-order valence-corrected chi connectivity index (χ3v) is 4.74. The summed E-state index contributed by atoms with van der Waals surface area (Å²) in [7, 11) is 0. The minimum absolute atomic E-state index is 0.00202. The summed E-state index contributed by atoms with van der Waals surface area (Å²) in [5.74, 6) is -0.323. The molecule has 0 aliphatic carbocycles. The molecule has 1 aromatic rings. The van der Waals surface area contributed by atoms with Crippen molar-refractivity contribution in [2.24, 2.45) is 0 Å². The van der Waals surface area contributed by atoms with Gasteiger partial charge in [0.15, 0.2) is 0 Å². The number of hydrogen-bond donors (Lipinski definition) is 1. The lowest BCUT2D eigenvalue weighted by atomic mass is 10.00. The molecule has 3 nitrogen and oxygen atoms in total. The Kier molecular flexibility index (Phi) is 6.52. The molecule has 2 rings (SSSR count). The van der Waals surface area contributed by atoms with Gasteiger partial charge < -0.3 is 5.32 Å². The SMILES string of the molecule is CCC1CCCCN1CCC(=O)Nc1cc(C(F)(F)F)ccc1Cl. The number of carbonyl (C=O) groups excluding carboxylic acids is 1. The molecule has 1 aromatic carbocycles. The quantitative estimate of drug-likeness (QED) is 0.803. The first-order chi connectivity index (χ1) is 11.3. The number of alkyl halides is 3. The summed E-state index contributed by atoms with van der Waals surface area (Å²) in [6.07, 6.45) is 0.284. The zero-order valence-corrected chi connectivity index (χ0v) is 14.4. The van der Waals surface area contributed by atoms with Crippen molar-refractivity contribution in [2.75, 3.05) is 18.4 Å². The largest absolute Gasteiger partial charge is 0.416 e. The third-order valence-electron chi connectivity index (χ3n) is 4.41. The highest BCUT2D eigenvalue weighted by atomic mass is 35.5. The van der Waals surface area contributed by atoms with Gasteiger partial charge in [0.2, 0.25) is 5.91 Å². The van der Waals surface area contributed by atoms with Crippen molar-refractivity contribution < 1.29 is 18.0 Å². The van der Waals surface area contributed by atoms with E-state index in [0.717, 1.165) is 44.0 Å². The maximum absolute atomic E-state index is 12.7. The number of benzene rings is 1. The average Bonchev–Trinajstić information content (AvgIpc) is 2.54. The Labute approximate surface area is 145 Å². The van der Waals surface area contributed by atoms with Gasteiger partial charge >= 0.3 is 6.18 Å². The van der Waals surface area contributed by atoms with Crippen LogP contribution in [0.4, 0.5) is 18.9 Å². The second-order valence-electron chi connectivity index (χ2n) is 6.08. The lowest BCUT2D eigenvalue weighted by Crippen LogP contribution is -2.40. The van der Waals surface area contributed by atoms with Crippen LogP contribution < -0.4 is 5.32 Å². The van der Waals surface area contributed by atoms with Gasteiger partial charge in [-0.2, -0.15) is 13.2 Å². The normalized spacial score (nSPS) is 19.3. The summed E-state index contributed by atoms with van der Waals surface area (Å²) in [6.45, 7) is 3.71. The topological polar surface area (TPSA) is 32.3 Å². The fraction of sp³-hybridized carbons (Fsp3) is 0.588. The third kappa shape index (κ3) is 5.11. The van der Waals surface area contributed by atoms with Gasteiger partial charge in [0, 0.05) is 19.0 Å². The fourth-order valence-corrected chi connectivity index (χ4v) is 3.24. The van der Waals surface area contributed by atoms with Crippen LogP contribution in [0.3, 0.4) is 0 Å². The van der Waals surface area contributed by atoms with Gasteiger partial charge in [-0.1, -0.05) is 24.9 Å². The summed E-state index contributed by atoms with van der Waals surface area (Å²) in [4.78, 5) is 14.4. The van der Waals surface area contributed by atoms with Crippen LogP contribution in [-0.4, -0.2) is 29.9 Å². The van der Waals surface area contributed by atoms with E-state index in [2.05, 4.69) is 17.1 Å². The highest BCUT2D eigenvalue weighted by Gasteiger charge is 2.31. The lowest BCUT2D eigenvalue weighted by molar-refractivity contribution is -0.137. The standard InChI is InChI=1S/C17H22ClF3N2O/c1-2-13-5-3-4-9-23(13)10-8-16(24)22-15-11-12(17(19,20)21)6-7-14(15)18/h6-7,11,13H,2-5,8-10H2,1H3,(H,22,24). The molecule has 1 fully saturated rings. The Morgan fingerprint density at radius 3 is 2.79 bits per heavy atom. The van der Waals surface area contributed by atoms with E-state index >= 15 is 0 Å². The maximum atomic E-state index is 12.7. The van der Waals surface area contributed by atoms with E-state index in [0.29, 0.717) is 12.6 Å². The zero-order valence-electron chi connectivity index (χ0n) is 13.6. The Bertz CT molecular complexity index is 577. The number of nitrogens with one attached hydrogen (secondary N) is 1. The summed E-state index contributed by atoms with van der Waals surface area (Å²) in [6, 6.07) is 3.41. The van der Waals surface area contributed by atoms with E-state index in [1.165, 1.54) is 6.42 Å². The van der Waals surface area contributed by atoms with E-state index in [1.54, 1.807) is 0 Å². The number of piperidine rings is 1. The van der Waals surface area contributed by atoms with Crippen molar-refractivity contribution in [1.29, 1.82) is 0 Å². The molecule has 0 spiro atoms. The molecule has 0 saturated carbocycles. The van der Waals surface area contributed by atoms with E-state index in [-0.39, 0.29) is 23.0 Å². The van der Waals surface area contributed by atoms with Crippen LogP contribution in [0.25, 0.3) is 0 Å². The molecule has 1 amide bonds. The minimum Gasteiger partial charge on any atom is -0.325 e. The Balaban J connectivity index is 1.94. The molecule has 1 aliphatic heterocycles. The summed E-state index contributed by atoms with van der Waals surface area (Å²) in [5.41, 5.74) is -0.827. The fourth-order valence-electron chi connectivity index (χ4n) is 3.07. The highest BCUT2D eigenvalue weighted by Crippen LogP contribution is 2.33. The van der Waals surface area contributed by atoms with Crippen LogP contribution in [0.1, 0.15) is 44.6 Å². The molecular formula is C17H22ClF3N2O. The van der Waals surface area contributed by atoms with Crippen molar-refractivity contribution in [3.05, 3.63) is 28.8 Å². The average molecular weight is 363 g/mol. The van der Waals surface area contributed by atoms with Crippen LogP contribution in [0, 0.1) is 0 Å². The molecule has 1 saturated heterocycles. The number of halogens is 4. The van der Waals surface area contributed by atoms with Crippen molar-refractivity contribution >= 4 is 23.2 Å². The molecule has 0 radical (unpaired) electrons. The van der Waals surface area contributed by atoms with Crippen molar-refractivity contribution in [1.82, 2.24) is 4.90 Å². The van der Waals surface area contributed by atoms with Gasteiger partial charge in [-0.25, -0.2) is 0 Å². The molecule has 0 aromatic heterocycles. The van der Waals surface area contributed by atoms with Crippen molar-refractivity contribution in [2.45, 2.75) is 51.2 Å². The number of hydrogen-bond acceptors (Lipinski definition) is 2. The van der Waals surface area contributed by atoms with Crippen LogP contribution >= 0.6 is 11.6 Å². The number of carbonyl (C=O) groups is 1. The molecule has 7 heteroatoms. The minimum atomic E-state index is -4.47. The molecule has 1 aliphatic rings.